The molecule has 8 nitrogen and oxygen atoms in total. The van der Waals surface area contributed by atoms with Gasteiger partial charge in [0.05, 0.1) is 0 Å². The quantitative estimate of drug-likeness (QED) is 0.457. The van der Waals surface area contributed by atoms with Crippen molar-refractivity contribution < 1.29 is 29.4 Å². The first-order valence-electron chi connectivity index (χ1n) is 9.17. The number of carboxylic acid groups (broad SMARTS) is 2. The summed E-state index contributed by atoms with van der Waals surface area (Å²) in [5.74, 6) is -2.71. The average Bonchev–Trinajstić information content (AvgIpc) is 2.55. The monoisotopic (exact) mass is 368 g/mol. The second-order valence-corrected chi connectivity index (χ2v) is 7.89. The second kappa shape index (κ2) is 8.73. The molecule has 0 aromatic carbocycles. The summed E-state index contributed by atoms with van der Waals surface area (Å²) in [6.07, 6.45) is 7.89. The largest absolute Gasteiger partial charge is 0.473 e. The lowest BCUT2D eigenvalue weighted by atomic mass is 9.70. The Labute approximate surface area is 152 Å². The summed E-state index contributed by atoms with van der Waals surface area (Å²) in [4.78, 5) is 39.9. The van der Waals surface area contributed by atoms with Crippen molar-refractivity contribution in [3.8, 4) is 0 Å². The van der Waals surface area contributed by atoms with Crippen LogP contribution in [0.5, 0.6) is 0 Å². The van der Waals surface area contributed by atoms with Gasteiger partial charge in [0.2, 0.25) is 0 Å². The second-order valence-electron chi connectivity index (χ2n) is 7.89. The van der Waals surface area contributed by atoms with Crippen molar-refractivity contribution in [1.82, 2.24) is 10.6 Å². The van der Waals surface area contributed by atoms with Gasteiger partial charge in [0.25, 0.3) is 0 Å². The first-order valence-corrected chi connectivity index (χ1v) is 9.17. The molecule has 0 unspecified atom stereocenters. The fourth-order valence-corrected chi connectivity index (χ4v) is 3.78. The Kier molecular flexibility index (Phi) is 6.88. The van der Waals surface area contributed by atoms with Crippen LogP contribution in [-0.4, -0.2) is 59.9 Å². The van der Waals surface area contributed by atoms with Gasteiger partial charge in [-0.05, 0) is 36.5 Å². The molecule has 2 saturated heterocycles. The predicted molar refractivity (Wildman–Crippen MR) is 92.8 cm³/mol. The van der Waals surface area contributed by atoms with E-state index in [1.165, 1.54) is 0 Å². The number of carbonyl (C=O) groups is 4. The number of rotatable bonds is 0. The number of hydrogen-bond donors (Lipinski definition) is 4. The Balaban J connectivity index is 0.000000146. The van der Waals surface area contributed by atoms with Gasteiger partial charge in [-0.3, -0.25) is 9.59 Å². The van der Waals surface area contributed by atoms with Crippen LogP contribution in [-0.2, 0) is 19.2 Å². The smallest absolute Gasteiger partial charge is 0.414 e. The molecule has 2 saturated carbocycles. The maximum Gasteiger partial charge on any atom is 0.414 e. The Morgan fingerprint density at radius 2 is 0.923 bits per heavy atom. The Morgan fingerprint density at radius 1 is 0.654 bits per heavy atom. The molecule has 0 aromatic rings. The normalized spacial score (nSPS) is 24.9. The predicted octanol–water partition coefficient (Wildman–Crippen LogP) is 0.594. The Bertz CT molecular complexity index is 492. The summed E-state index contributed by atoms with van der Waals surface area (Å²) in [6.45, 7) is 4.61. The van der Waals surface area contributed by atoms with Gasteiger partial charge >= 0.3 is 11.9 Å². The number of aliphatic carboxylic acids is 2. The molecule has 2 aliphatic carbocycles. The Morgan fingerprint density at radius 3 is 1.08 bits per heavy atom. The van der Waals surface area contributed by atoms with Gasteiger partial charge in [0.1, 0.15) is 11.6 Å². The van der Waals surface area contributed by atoms with Gasteiger partial charge in [-0.25, -0.2) is 9.59 Å². The van der Waals surface area contributed by atoms with E-state index in [2.05, 4.69) is 10.6 Å². The van der Waals surface area contributed by atoms with Crippen molar-refractivity contribution in [2.75, 3.05) is 26.2 Å². The number of hydrogen-bond acceptors (Lipinski definition) is 6. The molecule has 8 heteroatoms. The summed E-state index contributed by atoms with van der Waals surface area (Å²) >= 11 is 0. The van der Waals surface area contributed by atoms with Gasteiger partial charge in [0.15, 0.2) is 0 Å². The van der Waals surface area contributed by atoms with Crippen molar-refractivity contribution >= 4 is 23.5 Å². The summed E-state index contributed by atoms with van der Waals surface area (Å²) in [5, 5.41) is 21.3. The first kappa shape index (κ1) is 20.5. The highest BCUT2D eigenvalue weighted by atomic mass is 16.4. The van der Waals surface area contributed by atoms with E-state index in [1.807, 2.05) is 0 Å². The van der Waals surface area contributed by atoms with E-state index in [9.17, 15) is 9.59 Å². The van der Waals surface area contributed by atoms with Gasteiger partial charge < -0.3 is 20.8 Å². The molecule has 4 rings (SSSR count). The fourth-order valence-electron chi connectivity index (χ4n) is 3.78. The molecule has 4 fully saturated rings. The molecule has 0 atom stereocenters. The highest BCUT2D eigenvalue weighted by Crippen LogP contribution is 2.38. The zero-order valence-electron chi connectivity index (χ0n) is 15.0. The van der Waals surface area contributed by atoms with Crippen LogP contribution < -0.4 is 10.6 Å². The lowest BCUT2D eigenvalue weighted by Gasteiger charge is -2.45. The van der Waals surface area contributed by atoms with Crippen LogP contribution in [0.1, 0.15) is 51.4 Å². The van der Waals surface area contributed by atoms with Gasteiger partial charge in [-0.1, -0.05) is 0 Å². The van der Waals surface area contributed by atoms with E-state index in [1.54, 1.807) is 0 Å². The lowest BCUT2D eigenvalue weighted by Crippen LogP contribution is -2.54. The van der Waals surface area contributed by atoms with Crippen LogP contribution >= 0.6 is 0 Å². The highest BCUT2D eigenvalue weighted by Gasteiger charge is 2.40. The van der Waals surface area contributed by atoms with E-state index in [4.69, 9.17) is 19.8 Å². The minimum atomic E-state index is -1.82. The van der Waals surface area contributed by atoms with Gasteiger partial charge in [-0.2, -0.15) is 0 Å². The number of Topliss-reactive ketones (excluding diaryl/α,β-unsaturated/α-hetero) is 2. The minimum Gasteiger partial charge on any atom is -0.473 e. The molecule has 0 bridgehead atoms. The lowest BCUT2D eigenvalue weighted by molar-refractivity contribution is -0.159. The minimum absolute atomic E-state index is 0.470. The summed E-state index contributed by atoms with van der Waals surface area (Å²) < 4.78 is 0. The highest BCUT2D eigenvalue weighted by molar-refractivity contribution is 6.27. The number of carbonyl (C=O) groups excluding carboxylic acids is 2. The van der Waals surface area contributed by atoms with E-state index < -0.39 is 11.9 Å². The van der Waals surface area contributed by atoms with E-state index in [-0.39, 0.29) is 0 Å². The molecule has 4 aliphatic rings. The van der Waals surface area contributed by atoms with Crippen LogP contribution in [0.4, 0.5) is 0 Å². The standard InChI is InChI=1S/2C8H13NO.C2H2O4/c2*10-7-1-3-8(4-2-7)5-9-6-8;3-1(4)2(5)6/h2*9H,1-6H2;(H,3,4)(H,5,6). The van der Waals surface area contributed by atoms with E-state index >= 15 is 0 Å². The van der Waals surface area contributed by atoms with Crippen molar-refractivity contribution in [1.29, 1.82) is 0 Å². The maximum absolute atomic E-state index is 10.9. The first-order chi connectivity index (χ1) is 12.3. The number of ketones is 2. The fraction of sp³-hybridized carbons (Fsp3) is 0.778. The van der Waals surface area contributed by atoms with Gasteiger partial charge in [-0.15, -0.1) is 0 Å². The van der Waals surface area contributed by atoms with Crippen LogP contribution in [0.2, 0.25) is 0 Å². The van der Waals surface area contributed by atoms with Crippen molar-refractivity contribution in [2.45, 2.75) is 51.4 Å². The zero-order valence-corrected chi connectivity index (χ0v) is 15.0. The van der Waals surface area contributed by atoms with Gasteiger partial charge in [0, 0.05) is 51.9 Å². The number of nitrogens with one attached hydrogen (secondary N) is 2. The average molecular weight is 368 g/mol. The van der Waals surface area contributed by atoms with E-state index in [0.29, 0.717) is 22.4 Å². The SMILES string of the molecule is O=C(O)C(=O)O.O=C1CCC2(CC1)CNC2.O=C1CCC2(CC1)CNC2. The number of carboxylic acids is 2. The molecule has 2 heterocycles. The third-order valence-electron chi connectivity index (χ3n) is 5.92. The molecule has 0 radical (unpaired) electrons. The maximum atomic E-state index is 10.9. The molecule has 146 valence electrons. The van der Waals surface area contributed by atoms with Crippen LogP contribution in [0.25, 0.3) is 0 Å². The third kappa shape index (κ3) is 5.60. The molecule has 2 spiro atoms. The van der Waals surface area contributed by atoms with Crippen LogP contribution in [0.3, 0.4) is 0 Å². The Hall–Kier alpha value is -1.80. The molecule has 26 heavy (non-hydrogen) atoms. The molecular weight excluding hydrogens is 340 g/mol. The molecule has 2 aliphatic heterocycles. The molecular formula is C18H28N2O6. The zero-order chi connectivity index (χ0) is 19.2. The van der Waals surface area contributed by atoms with Crippen molar-refractivity contribution in [2.24, 2.45) is 10.8 Å². The molecule has 4 N–H and O–H groups in total. The summed E-state index contributed by atoms with van der Waals surface area (Å²) in [6, 6.07) is 0. The summed E-state index contributed by atoms with van der Waals surface area (Å²) in [5.41, 5.74) is 1.10. The molecule has 0 amide bonds. The topological polar surface area (TPSA) is 133 Å². The van der Waals surface area contributed by atoms with Crippen LogP contribution in [0, 0.1) is 10.8 Å². The van der Waals surface area contributed by atoms with Crippen molar-refractivity contribution in [3.63, 3.8) is 0 Å². The summed E-state index contributed by atoms with van der Waals surface area (Å²) in [7, 11) is 0. The van der Waals surface area contributed by atoms with Crippen molar-refractivity contribution in [3.05, 3.63) is 0 Å². The molecule has 0 aromatic heterocycles. The van der Waals surface area contributed by atoms with E-state index in [0.717, 1.165) is 77.5 Å². The van der Waals surface area contributed by atoms with Crippen LogP contribution in [0.15, 0.2) is 0 Å². The third-order valence-corrected chi connectivity index (χ3v) is 5.92.